The molecule has 0 saturated heterocycles. The molecule has 1 aromatic rings. The first-order valence-electron chi connectivity index (χ1n) is 4.44. The molecule has 0 fully saturated rings. The second-order valence-corrected chi connectivity index (χ2v) is 3.17. The Balaban J connectivity index is 2.64. The second-order valence-electron chi connectivity index (χ2n) is 3.17. The topological polar surface area (TPSA) is 17.1 Å². The Bertz CT molecular complexity index is 298. The van der Waals surface area contributed by atoms with Crippen LogP contribution in [0.5, 0.6) is 0 Å². The Labute approximate surface area is 79.1 Å². The lowest BCUT2D eigenvalue weighted by molar-refractivity contribution is -0.118. The fourth-order valence-electron chi connectivity index (χ4n) is 0.955. The largest absolute Gasteiger partial charge is 0.299 e. The molecule has 1 heteroatoms. The summed E-state index contributed by atoms with van der Waals surface area (Å²) in [5.74, 6) is 0.215. The SMILES string of the molecule is CC(=O)[C@H](C)/C=C/c1ccccc1. The third-order valence-corrected chi connectivity index (χ3v) is 2.02. The van der Waals surface area contributed by atoms with Gasteiger partial charge in [0.2, 0.25) is 0 Å². The van der Waals surface area contributed by atoms with E-state index in [1.54, 1.807) is 6.92 Å². The quantitative estimate of drug-likeness (QED) is 0.688. The van der Waals surface area contributed by atoms with Crippen molar-refractivity contribution in [3.05, 3.63) is 42.0 Å². The average molecular weight is 174 g/mol. The van der Waals surface area contributed by atoms with Crippen LogP contribution in [0.15, 0.2) is 36.4 Å². The minimum atomic E-state index is 0.0141. The van der Waals surface area contributed by atoms with Crippen molar-refractivity contribution in [1.82, 2.24) is 0 Å². The minimum Gasteiger partial charge on any atom is -0.299 e. The van der Waals surface area contributed by atoms with Gasteiger partial charge < -0.3 is 0 Å². The Morgan fingerprint density at radius 3 is 2.46 bits per heavy atom. The molecule has 0 unspecified atom stereocenters. The van der Waals surface area contributed by atoms with Crippen molar-refractivity contribution in [2.24, 2.45) is 5.92 Å². The van der Waals surface area contributed by atoms with E-state index in [0.29, 0.717) is 0 Å². The molecule has 0 amide bonds. The summed E-state index contributed by atoms with van der Waals surface area (Å²) in [4.78, 5) is 10.9. The maximum atomic E-state index is 10.9. The first-order chi connectivity index (χ1) is 6.20. The highest BCUT2D eigenvalue weighted by Gasteiger charge is 2.00. The van der Waals surface area contributed by atoms with E-state index < -0.39 is 0 Å². The lowest BCUT2D eigenvalue weighted by Crippen LogP contribution is -2.01. The fraction of sp³-hybridized carbons (Fsp3) is 0.250. The van der Waals surface area contributed by atoms with Gasteiger partial charge >= 0.3 is 0 Å². The average Bonchev–Trinajstić information content (AvgIpc) is 2.15. The zero-order valence-corrected chi connectivity index (χ0v) is 8.03. The van der Waals surface area contributed by atoms with Gasteiger partial charge in [-0.25, -0.2) is 0 Å². The Morgan fingerprint density at radius 2 is 1.92 bits per heavy atom. The molecule has 0 heterocycles. The molecule has 0 aliphatic rings. The number of Topliss-reactive ketones (excluding diaryl/α,β-unsaturated/α-hetero) is 1. The van der Waals surface area contributed by atoms with Crippen molar-refractivity contribution >= 4 is 11.9 Å². The number of hydrogen-bond acceptors (Lipinski definition) is 1. The lowest BCUT2D eigenvalue weighted by atomic mass is 10.1. The van der Waals surface area contributed by atoms with Crippen LogP contribution in [0.2, 0.25) is 0 Å². The maximum absolute atomic E-state index is 10.9. The Hall–Kier alpha value is -1.37. The van der Waals surface area contributed by atoms with Gasteiger partial charge in [0.25, 0.3) is 0 Å². The zero-order chi connectivity index (χ0) is 9.68. The molecular weight excluding hydrogens is 160 g/mol. The van der Waals surface area contributed by atoms with Crippen LogP contribution < -0.4 is 0 Å². The van der Waals surface area contributed by atoms with Gasteiger partial charge in [-0.3, -0.25) is 4.79 Å². The van der Waals surface area contributed by atoms with Crippen LogP contribution in [-0.2, 0) is 4.79 Å². The molecule has 0 bridgehead atoms. The molecule has 68 valence electrons. The summed E-state index contributed by atoms with van der Waals surface area (Å²) >= 11 is 0. The van der Waals surface area contributed by atoms with E-state index in [-0.39, 0.29) is 11.7 Å². The van der Waals surface area contributed by atoms with Gasteiger partial charge in [0, 0.05) is 5.92 Å². The van der Waals surface area contributed by atoms with E-state index in [9.17, 15) is 4.79 Å². The van der Waals surface area contributed by atoms with Crippen LogP contribution in [0.1, 0.15) is 19.4 Å². The third-order valence-electron chi connectivity index (χ3n) is 2.02. The standard InChI is InChI=1S/C12H14O/c1-10(11(2)13)8-9-12-6-4-3-5-7-12/h3-10H,1-2H3/b9-8+/t10-/m1/s1. The van der Waals surface area contributed by atoms with Gasteiger partial charge in [0.15, 0.2) is 0 Å². The number of carbonyl (C=O) groups excluding carboxylic acids is 1. The summed E-state index contributed by atoms with van der Waals surface area (Å²) in [5, 5.41) is 0. The van der Waals surface area contributed by atoms with E-state index in [4.69, 9.17) is 0 Å². The number of allylic oxidation sites excluding steroid dienone is 1. The second kappa shape index (κ2) is 4.61. The number of ketones is 1. The van der Waals surface area contributed by atoms with Crippen LogP contribution in [0.25, 0.3) is 6.08 Å². The predicted octanol–water partition coefficient (Wildman–Crippen LogP) is 2.92. The van der Waals surface area contributed by atoms with E-state index >= 15 is 0 Å². The molecule has 0 aliphatic heterocycles. The molecule has 0 aliphatic carbocycles. The van der Waals surface area contributed by atoms with Gasteiger partial charge in [-0.15, -0.1) is 0 Å². The monoisotopic (exact) mass is 174 g/mol. The summed E-state index contributed by atoms with van der Waals surface area (Å²) in [7, 11) is 0. The molecule has 1 atom stereocenters. The first-order valence-corrected chi connectivity index (χ1v) is 4.44. The van der Waals surface area contributed by atoms with Crippen LogP contribution in [0.3, 0.4) is 0 Å². The Kier molecular flexibility index (Phi) is 3.44. The molecule has 0 radical (unpaired) electrons. The number of carbonyl (C=O) groups is 1. The molecule has 1 rings (SSSR count). The summed E-state index contributed by atoms with van der Waals surface area (Å²) in [6, 6.07) is 9.98. The van der Waals surface area contributed by atoms with Gasteiger partial charge in [-0.2, -0.15) is 0 Å². The molecule has 0 saturated carbocycles. The van der Waals surface area contributed by atoms with E-state index in [1.165, 1.54) is 0 Å². The van der Waals surface area contributed by atoms with Crippen molar-refractivity contribution in [3.8, 4) is 0 Å². The Morgan fingerprint density at radius 1 is 1.31 bits per heavy atom. The molecular formula is C12H14O. The highest BCUT2D eigenvalue weighted by Crippen LogP contribution is 2.05. The summed E-state index contributed by atoms with van der Waals surface area (Å²) in [6.45, 7) is 3.52. The summed E-state index contributed by atoms with van der Waals surface area (Å²) in [6.07, 6.45) is 3.91. The lowest BCUT2D eigenvalue weighted by Gasteiger charge is -1.98. The highest BCUT2D eigenvalue weighted by atomic mass is 16.1. The third kappa shape index (κ3) is 3.24. The maximum Gasteiger partial charge on any atom is 0.136 e. The normalized spacial score (nSPS) is 13.1. The van der Waals surface area contributed by atoms with Crippen molar-refractivity contribution in [2.45, 2.75) is 13.8 Å². The predicted molar refractivity (Wildman–Crippen MR) is 55.3 cm³/mol. The fourth-order valence-corrected chi connectivity index (χ4v) is 0.955. The van der Waals surface area contributed by atoms with Gasteiger partial charge in [0.05, 0.1) is 0 Å². The summed E-state index contributed by atoms with van der Waals surface area (Å²) < 4.78 is 0. The van der Waals surface area contributed by atoms with Crippen LogP contribution in [0.4, 0.5) is 0 Å². The van der Waals surface area contributed by atoms with Crippen molar-refractivity contribution in [3.63, 3.8) is 0 Å². The van der Waals surface area contributed by atoms with Crippen molar-refractivity contribution in [1.29, 1.82) is 0 Å². The van der Waals surface area contributed by atoms with Crippen LogP contribution >= 0.6 is 0 Å². The molecule has 1 aromatic carbocycles. The van der Waals surface area contributed by atoms with Crippen LogP contribution in [0, 0.1) is 5.92 Å². The van der Waals surface area contributed by atoms with E-state index in [1.807, 2.05) is 49.4 Å². The van der Waals surface area contributed by atoms with Crippen LogP contribution in [-0.4, -0.2) is 5.78 Å². The van der Waals surface area contributed by atoms with Crippen molar-refractivity contribution in [2.75, 3.05) is 0 Å². The highest BCUT2D eigenvalue weighted by molar-refractivity contribution is 5.80. The number of hydrogen-bond donors (Lipinski definition) is 0. The number of rotatable bonds is 3. The molecule has 0 N–H and O–H groups in total. The molecule has 0 aromatic heterocycles. The smallest absolute Gasteiger partial charge is 0.136 e. The zero-order valence-electron chi connectivity index (χ0n) is 8.03. The summed E-state index contributed by atoms with van der Waals surface area (Å²) in [5.41, 5.74) is 1.13. The van der Waals surface area contributed by atoms with Crippen molar-refractivity contribution < 1.29 is 4.79 Å². The number of benzene rings is 1. The van der Waals surface area contributed by atoms with Gasteiger partial charge in [-0.05, 0) is 12.5 Å². The van der Waals surface area contributed by atoms with E-state index in [0.717, 1.165) is 5.56 Å². The van der Waals surface area contributed by atoms with Gasteiger partial charge in [-0.1, -0.05) is 49.4 Å². The molecule has 13 heavy (non-hydrogen) atoms. The van der Waals surface area contributed by atoms with E-state index in [2.05, 4.69) is 0 Å². The minimum absolute atomic E-state index is 0.0141. The first kappa shape index (κ1) is 9.72. The molecule has 0 spiro atoms. The molecule has 1 nitrogen and oxygen atoms in total. The van der Waals surface area contributed by atoms with Gasteiger partial charge in [0.1, 0.15) is 5.78 Å².